The van der Waals surface area contributed by atoms with E-state index in [1.54, 1.807) is 13.0 Å². The highest BCUT2D eigenvalue weighted by atomic mass is 19.1. The van der Waals surface area contributed by atoms with E-state index < -0.39 is 5.60 Å². The summed E-state index contributed by atoms with van der Waals surface area (Å²) in [6, 6.07) is 6.90. The minimum atomic E-state index is -0.789. The first-order valence-electron chi connectivity index (χ1n) is 7.16. The molecule has 2 rings (SSSR count). The Morgan fingerprint density at radius 2 is 1.90 bits per heavy atom. The molecule has 0 radical (unpaired) electrons. The number of nitrogens with zero attached hydrogens (tertiary/aromatic N) is 2. The van der Waals surface area contributed by atoms with Crippen molar-refractivity contribution in [1.29, 1.82) is 0 Å². The average Bonchev–Trinajstić information content (AvgIpc) is 2.46. The van der Waals surface area contributed by atoms with Crippen LogP contribution in [0.15, 0.2) is 24.3 Å². The van der Waals surface area contributed by atoms with E-state index in [4.69, 9.17) is 5.73 Å². The molecular formula is C15H24FN3O. The van der Waals surface area contributed by atoms with Crippen LogP contribution in [0.5, 0.6) is 0 Å². The Kier molecular flexibility index (Phi) is 4.96. The number of hydrogen-bond acceptors (Lipinski definition) is 4. The number of para-hydroxylation sites is 1. The van der Waals surface area contributed by atoms with Gasteiger partial charge in [0.25, 0.3) is 0 Å². The summed E-state index contributed by atoms with van der Waals surface area (Å²) >= 11 is 0. The number of rotatable bonds is 5. The number of aliphatic hydroxyl groups is 1. The lowest BCUT2D eigenvalue weighted by Gasteiger charge is -2.37. The van der Waals surface area contributed by atoms with Gasteiger partial charge in [0.05, 0.1) is 11.3 Å². The largest absolute Gasteiger partial charge is 0.389 e. The summed E-state index contributed by atoms with van der Waals surface area (Å²) in [5.41, 5.74) is 5.41. The molecule has 1 saturated heterocycles. The number of nitrogens with two attached hydrogens (primary N) is 1. The summed E-state index contributed by atoms with van der Waals surface area (Å²) in [7, 11) is 0. The van der Waals surface area contributed by atoms with Crippen molar-refractivity contribution in [1.82, 2.24) is 4.90 Å². The standard InChI is InChI=1S/C15H24FN3O/c1-15(20,12-17)6-7-18-8-10-19(11-9-18)14-5-3-2-4-13(14)16/h2-5,20H,6-12,17H2,1H3. The van der Waals surface area contributed by atoms with Gasteiger partial charge < -0.3 is 15.7 Å². The van der Waals surface area contributed by atoms with E-state index in [1.807, 2.05) is 12.1 Å². The molecule has 0 bridgehead atoms. The Balaban J connectivity index is 1.82. The molecular weight excluding hydrogens is 257 g/mol. The summed E-state index contributed by atoms with van der Waals surface area (Å²) in [6.45, 7) is 6.27. The monoisotopic (exact) mass is 281 g/mol. The lowest BCUT2D eigenvalue weighted by atomic mass is 10.0. The van der Waals surface area contributed by atoms with Crippen molar-refractivity contribution in [2.75, 3.05) is 44.2 Å². The van der Waals surface area contributed by atoms with Crippen LogP contribution in [-0.4, -0.2) is 54.9 Å². The Labute approximate surface area is 120 Å². The third-order valence-corrected chi connectivity index (χ3v) is 3.97. The maximum absolute atomic E-state index is 13.7. The first kappa shape index (κ1) is 15.2. The molecule has 1 fully saturated rings. The summed E-state index contributed by atoms with van der Waals surface area (Å²) < 4.78 is 13.7. The number of piperazine rings is 1. The van der Waals surface area contributed by atoms with Crippen molar-refractivity contribution >= 4 is 5.69 Å². The molecule has 1 aromatic carbocycles. The summed E-state index contributed by atoms with van der Waals surface area (Å²) in [5.74, 6) is -0.160. The molecule has 1 atom stereocenters. The van der Waals surface area contributed by atoms with Crippen molar-refractivity contribution in [3.8, 4) is 0 Å². The number of halogens is 1. The van der Waals surface area contributed by atoms with E-state index in [1.165, 1.54) is 6.07 Å². The zero-order valence-corrected chi connectivity index (χ0v) is 12.1. The molecule has 0 aromatic heterocycles. The molecule has 0 aliphatic carbocycles. The minimum absolute atomic E-state index is 0.160. The molecule has 0 amide bonds. The van der Waals surface area contributed by atoms with Crippen molar-refractivity contribution < 1.29 is 9.50 Å². The van der Waals surface area contributed by atoms with Gasteiger partial charge in [-0.2, -0.15) is 0 Å². The Morgan fingerprint density at radius 3 is 2.50 bits per heavy atom. The quantitative estimate of drug-likeness (QED) is 0.847. The van der Waals surface area contributed by atoms with Gasteiger partial charge in [-0.3, -0.25) is 4.90 Å². The number of benzene rings is 1. The fraction of sp³-hybridized carbons (Fsp3) is 0.600. The van der Waals surface area contributed by atoms with Gasteiger partial charge in [0.2, 0.25) is 0 Å². The van der Waals surface area contributed by atoms with E-state index in [2.05, 4.69) is 9.80 Å². The Hall–Kier alpha value is -1.17. The second kappa shape index (κ2) is 6.52. The highest BCUT2D eigenvalue weighted by molar-refractivity contribution is 5.47. The highest BCUT2D eigenvalue weighted by Gasteiger charge is 2.23. The van der Waals surface area contributed by atoms with Crippen LogP contribution < -0.4 is 10.6 Å². The van der Waals surface area contributed by atoms with E-state index in [-0.39, 0.29) is 12.4 Å². The average molecular weight is 281 g/mol. The Bertz CT molecular complexity index is 431. The van der Waals surface area contributed by atoms with Crippen LogP contribution in [0.2, 0.25) is 0 Å². The van der Waals surface area contributed by atoms with Crippen molar-refractivity contribution in [3.63, 3.8) is 0 Å². The van der Waals surface area contributed by atoms with Crippen LogP contribution in [0, 0.1) is 5.82 Å². The van der Waals surface area contributed by atoms with Gasteiger partial charge in [-0.25, -0.2) is 4.39 Å². The summed E-state index contributed by atoms with van der Waals surface area (Å²) in [5, 5.41) is 9.91. The first-order chi connectivity index (χ1) is 9.52. The first-order valence-corrected chi connectivity index (χ1v) is 7.16. The predicted octanol–water partition coefficient (Wildman–Crippen LogP) is 1.05. The molecule has 5 heteroatoms. The third kappa shape index (κ3) is 3.91. The second-order valence-corrected chi connectivity index (χ2v) is 5.73. The molecule has 1 unspecified atom stereocenters. The molecule has 20 heavy (non-hydrogen) atoms. The lowest BCUT2D eigenvalue weighted by molar-refractivity contribution is 0.0470. The number of hydrogen-bond donors (Lipinski definition) is 2. The highest BCUT2D eigenvalue weighted by Crippen LogP contribution is 2.20. The van der Waals surface area contributed by atoms with Gasteiger partial charge in [0.15, 0.2) is 0 Å². The van der Waals surface area contributed by atoms with Gasteiger partial charge in [-0.1, -0.05) is 12.1 Å². The SMILES string of the molecule is CC(O)(CN)CCN1CCN(c2ccccc2F)CC1. The molecule has 1 aliphatic rings. The summed E-state index contributed by atoms with van der Waals surface area (Å²) in [4.78, 5) is 4.37. The maximum atomic E-state index is 13.7. The third-order valence-electron chi connectivity index (χ3n) is 3.97. The van der Waals surface area contributed by atoms with Gasteiger partial charge in [0.1, 0.15) is 5.82 Å². The summed E-state index contributed by atoms with van der Waals surface area (Å²) in [6.07, 6.45) is 0.670. The van der Waals surface area contributed by atoms with Crippen LogP contribution in [0.3, 0.4) is 0 Å². The molecule has 1 aliphatic heterocycles. The van der Waals surface area contributed by atoms with Gasteiger partial charge in [0, 0.05) is 39.3 Å². The normalized spacial score (nSPS) is 19.9. The smallest absolute Gasteiger partial charge is 0.146 e. The molecule has 112 valence electrons. The van der Waals surface area contributed by atoms with E-state index in [0.29, 0.717) is 12.1 Å². The van der Waals surface area contributed by atoms with Crippen molar-refractivity contribution in [2.24, 2.45) is 5.73 Å². The van der Waals surface area contributed by atoms with Crippen LogP contribution in [0.1, 0.15) is 13.3 Å². The predicted molar refractivity (Wildman–Crippen MR) is 79.3 cm³/mol. The van der Waals surface area contributed by atoms with E-state index >= 15 is 0 Å². The van der Waals surface area contributed by atoms with Crippen molar-refractivity contribution in [3.05, 3.63) is 30.1 Å². The van der Waals surface area contributed by atoms with Gasteiger partial charge in [-0.15, -0.1) is 0 Å². The minimum Gasteiger partial charge on any atom is -0.389 e. The fourth-order valence-corrected chi connectivity index (χ4v) is 2.42. The number of anilines is 1. The van der Waals surface area contributed by atoms with E-state index in [9.17, 15) is 9.50 Å². The van der Waals surface area contributed by atoms with Crippen LogP contribution in [0.4, 0.5) is 10.1 Å². The fourth-order valence-electron chi connectivity index (χ4n) is 2.42. The molecule has 1 heterocycles. The molecule has 0 spiro atoms. The molecule has 0 saturated carbocycles. The van der Waals surface area contributed by atoms with Gasteiger partial charge >= 0.3 is 0 Å². The molecule has 3 N–H and O–H groups in total. The van der Waals surface area contributed by atoms with Crippen LogP contribution in [0.25, 0.3) is 0 Å². The molecule has 4 nitrogen and oxygen atoms in total. The Morgan fingerprint density at radius 1 is 1.25 bits per heavy atom. The molecule has 1 aromatic rings. The maximum Gasteiger partial charge on any atom is 0.146 e. The van der Waals surface area contributed by atoms with Crippen LogP contribution in [-0.2, 0) is 0 Å². The second-order valence-electron chi connectivity index (χ2n) is 5.73. The van der Waals surface area contributed by atoms with E-state index in [0.717, 1.165) is 32.7 Å². The van der Waals surface area contributed by atoms with Crippen molar-refractivity contribution in [2.45, 2.75) is 18.9 Å². The van der Waals surface area contributed by atoms with Crippen LogP contribution >= 0.6 is 0 Å². The van der Waals surface area contributed by atoms with Gasteiger partial charge in [-0.05, 0) is 25.5 Å². The lowest BCUT2D eigenvalue weighted by Crippen LogP contribution is -2.48. The topological polar surface area (TPSA) is 52.7 Å². The zero-order valence-electron chi connectivity index (χ0n) is 12.1. The zero-order chi connectivity index (χ0) is 14.6.